The Hall–Kier alpha value is -3.34. The SMILES string of the molecule is Cn1cc(-c2cc(CS(C)(=O)=O)ccc2Oc2ccc(F)cc2F)cc(OC(F)F)c1=O. The van der Waals surface area contributed by atoms with Crippen LogP contribution in [-0.2, 0) is 22.6 Å². The Morgan fingerprint density at radius 1 is 1.00 bits per heavy atom. The zero-order valence-electron chi connectivity index (χ0n) is 16.8. The fraction of sp³-hybridized carbons (Fsp3) is 0.190. The number of aromatic nitrogens is 1. The van der Waals surface area contributed by atoms with Gasteiger partial charge in [0.2, 0.25) is 0 Å². The number of nitrogens with zero attached hydrogens (tertiary/aromatic N) is 1. The molecule has 0 aliphatic carbocycles. The number of ether oxygens (including phenoxy) is 2. The van der Waals surface area contributed by atoms with Crippen LogP contribution in [0.5, 0.6) is 17.2 Å². The molecule has 11 heteroatoms. The molecule has 2 aromatic carbocycles. The van der Waals surface area contributed by atoms with Crippen LogP contribution >= 0.6 is 0 Å². The normalized spacial score (nSPS) is 11.6. The summed E-state index contributed by atoms with van der Waals surface area (Å²) in [5, 5.41) is 0. The zero-order valence-corrected chi connectivity index (χ0v) is 17.6. The van der Waals surface area contributed by atoms with Crippen LogP contribution in [0.1, 0.15) is 5.56 Å². The van der Waals surface area contributed by atoms with Crippen molar-refractivity contribution in [3.8, 4) is 28.4 Å². The highest BCUT2D eigenvalue weighted by molar-refractivity contribution is 7.89. The highest BCUT2D eigenvalue weighted by Crippen LogP contribution is 2.36. The van der Waals surface area contributed by atoms with Crippen molar-refractivity contribution < 1.29 is 35.5 Å². The van der Waals surface area contributed by atoms with Gasteiger partial charge < -0.3 is 14.0 Å². The summed E-state index contributed by atoms with van der Waals surface area (Å²) in [7, 11) is -2.11. The van der Waals surface area contributed by atoms with Gasteiger partial charge in [-0.25, -0.2) is 17.2 Å². The fourth-order valence-corrected chi connectivity index (χ4v) is 3.75. The number of benzene rings is 2. The van der Waals surface area contributed by atoms with Crippen molar-refractivity contribution in [3.63, 3.8) is 0 Å². The summed E-state index contributed by atoms with van der Waals surface area (Å²) >= 11 is 0. The summed E-state index contributed by atoms with van der Waals surface area (Å²) < 4.78 is 87.0. The van der Waals surface area contributed by atoms with Gasteiger partial charge >= 0.3 is 6.61 Å². The molecule has 0 saturated heterocycles. The first-order valence-electron chi connectivity index (χ1n) is 9.02. The van der Waals surface area contributed by atoms with Gasteiger partial charge in [0.25, 0.3) is 5.56 Å². The van der Waals surface area contributed by atoms with E-state index in [2.05, 4.69) is 4.74 Å². The second-order valence-corrected chi connectivity index (χ2v) is 9.11. The topological polar surface area (TPSA) is 74.6 Å². The van der Waals surface area contributed by atoms with E-state index in [0.717, 1.165) is 29.0 Å². The van der Waals surface area contributed by atoms with Crippen LogP contribution in [-0.4, -0.2) is 25.9 Å². The maximum absolute atomic E-state index is 14.1. The van der Waals surface area contributed by atoms with Crippen LogP contribution in [0.2, 0.25) is 0 Å². The van der Waals surface area contributed by atoms with Gasteiger partial charge in [-0.15, -0.1) is 0 Å². The van der Waals surface area contributed by atoms with E-state index in [-0.39, 0.29) is 28.4 Å². The molecule has 6 nitrogen and oxygen atoms in total. The molecular formula is C21H17F4NO5S. The average molecular weight is 471 g/mol. The van der Waals surface area contributed by atoms with E-state index in [9.17, 15) is 30.8 Å². The molecule has 32 heavy (non-hydrogen) atoms. The number of sulfone groups is 1. The average Bonchev–Trinajstić information content (AvgIpc) is 2.67. The van der Waals surface area contributed by atoms with Gasteiger partial charge in [0.15, 0.2) is 27.2 Å². The van der Waals surface area contributed by atoms with Crippen LogP contribution in [0.15, 0.2) is 53.5 Å². The lowest BCUT2D eigenvalue weighted by atomic mass is 10.0. The maximum Gasteiger partial charge on any atom is 0.387 e. The van der Waals surface area contributed by atoms with E-state index in [1.54, 1.807) is 0 Å². The van der Waals surface area contributed by atoms with Gasteiger partial charge in [0.05, 0.1) is 5.75 Å². The molecule has 0 atom stereocenters. The Morgan fingerprint density at radius 2 is 1.69 bits per heavy atom. The lowest BCUT2D eigenvalue weighted by Gasteiger charge is -2.15. The molecule has 0 amide bonds. The predicted octanol–water partition coefficient (Wildman–Crippen LogP) is 4.27. The molecule has 1 aromatic heterocycles. The number of halogens is 4. The Bertz CT molecular complexity index is 1320. The smallest absolute Gasteiger partial charge is 0.387 e. The summed E-state index contributed by atoms with van der Waals surface area (Å²) in [6.07, 6.45) is 2.33. The predicted molar refractivity (Wildman–Crippen MR) is 109 cm³/mol. The third kappa shape index (κ3) is 5.67. The molecule has 0 bridgehead atoms. The van der Waals surface area contributed by atoms with Crippen molar-refractivity contribution >= 4 is 9.84 Å². The van der Waals surface area contributed by atoms with E-state index < -0.39 is 39.4 Å². The first kappa shape index (κ1) is 23.3. The zero-order chi connectivity index (χ0) is 23.6. The summed E-state index contributed by atoms with van der Waals surface area (Å²) in [4.78, 5) is 12.1. The summed E-state index contributed by atoms with van der Waals surface area (Å²) in [5.74, 6) is -3.10. The van der Waals surface area contributed by atoms with Crippen LogP contribution in [0.3, 0.4) is 0 Å². The third-order valence-electron chi connectivity index (χ3n) is 4.26. The monoisotopic (exact) mass is 471 g/mol. The second kappa shape index (κ2) is 9.03. The molecule has 3 rings (SSSR count). The molecule has 3 aromatic rings. The van der Waals surface area contributed by atoms with Gasteiger partial charge in [-0.05, 0) is 35.9 Å². The van der Waals surface area contributed by atoms with Crippen molar-refractivity contribution in [2.75, 3.05) is 6.26 Å². The lowest BCUT2D eigenvalue weighted by Crippen LogP contribution is -2.20. The summed E-state index contributed by atoms with van der Waals surface area (Å²) in [6, 6.07) is 7.90. The van der Waals surface area contributed by atoms with Crippen molar-refractivity contribution in [2.24, 2.45) is 7.05 Å². The number of hydrogen-bond acceptors (Lipinski definition) is 5. The molecule has 0 N–H and O–H groups in total. The largest absolute Gasteiger partial charge is 0.454 e. The molecule has 0 saturated carbocycles. The first-order valence-corrected chi connectivity index (χ1v) is 11.1. The molecule has 0 radical (unpaired) electrons. The summed E-state index contributed by atoms with van der Waals surface area (Å²) in [6.45, 7) is -3.25. The molecule has 0 unspecified atom stereocenters. The Morgan fingerprint density at radius 3 is 2.31 bits per heavy atom. The van der Waals surface area contributed by atoms with Crippen LogP contribution in [0, 0.1) is 11.6 Å². The Labute approximate surface area is 180 Å². The lowest BCUT2D eigenvalue weighted by molar-refractivity contribution is -0.0510. The van der Waals surface area contributed by atoms with Gasteiger partial charge in [0, 0.05) is 36.7 Å². The van der Waals surface area contributed by atoms with Crippen LogP contribution in [0.25, 0.3) is 11.1 Å². The van der Waals surface area contributed by atoms with Crippen molar-refractivity contribution in [1.29, 1.82) is 0 Å². The minimum Gasteiger partial charge on any atom is -0.454 e. The van der Waals surface area contributed by atoms with Gasteiger partial charge in [-0.1, -0.05) is 6.07 Å². The van der Waals surface area contributed by atoms with E-state index in [1.165, 1.54) is 31.4 Å². The highest BCUT2D eigenvalue weighted by atomic mass is 32.2. The van der Waals surface area contributed by atoms with Gasteiger partial charge in [0.1, 0.15) is 11.6 Å². The Balaban J connectivity index is 2.17. The van der Waals surface area contributed by atoms with E-state index in [4.69, 9.17) is 4.74 Å². The molecule has 0 aliphatic rings. The summed E-state index contributed by atoms with van der Waals surface area (Å²) in [5.41, 5.74) is -0.159. The molecule has 1 heterocycles. The fourth-order valence-electron chi connectivity index (χ4n) is 2.97. The van der Waals surface area contributed by atoms with E-state index in [1.807, 2.05) is 0 Å². The molecule has 0 fully saturated rings. The van der Waals surface area contributed by atoms with Gasteiger partial charge in [-0.2, -0.15) is 8.78 Å². The van der Waals surface area contributed by atoms with Crippen LogP contribution < -0.4 is 15.0 Å². The number of pyridine rings is 1. The van der Waals surface area contributed by atoms with Crippen LogP contribution in [0.4, 0.5) is 17.6 Å². The van der Waals surface area contributed by atoms with Crippen molar-refractivity contribution in [1.82, 2.24) is 4.57 Å². The standard InChI is InChI=1S/C21H17F4NO5S/c1-26-10-13(8-19(20(26)27)31-21(24)25)15-7-12(11-32(2,28)29)3-5-17(15)30-18-6-4-14(22)9-16(18)23/h3-10,21H,11H2,1-2H3. The van der Waals surface area contributed by atoms with Crippen molar-refractivity contribution in [2.45, 2.75) is 12.4 Å². The van der Waals surface area contributed by atoms with E-state index in [0.29, 0.717) is 11.6 Å². The van der Waals surface area contributed by atoms with Crippen molar-refractivity contribution in [3.05, 3.63) is 76.2 Å². The molecular weight excluding hydrogens is 454 g/mol. The number of hydrogen-bond donors (Lipinski definition) is 0. The minimum atomic E-state index is -3.42. The third-order valence-corrected chi connectivity index (χ3v) is 5.12. The first-order chi connectivity index (χ1) is 14.9. The number of aryl methyl sites for hydroxylation is 1. The molecule has 170 valence electrons. The highest BCUT2D eigenvalue weighted by Gasteiger charge is 2.18. The Kier molecular flexibility index (Phi) is 6.58. The maximum atomic E-state index is 14.1. The van der Waals surface area contributed by atoms with E-state index >= 15 is 0 Å². The second-order valence-electron chi connectivity index (χ2n) is 6.96. The molecule has 0 spiro atoms. The molecule has 0 aliphatic heterocycles. The number of rotatable bonds is 7. The van der Waals surface area contributed by atoms with Gasteiger partial charge in [-0.3, -0.25) is 4.79 Å². The number of alkyl halides is 2. The minimum absolute atomic E-state index is 0.00871. The quantitative estimate of drug-likeness (QED) is 0.481.